The van der Waals surface area contributed by atoms with Gasteiger partial charge in [-0.15, -0.1) is 0 Å². The van der Waals surface area contributed by atoms with Crippen LogP contribution in [0.25, 0.3) is 5.57 Å². The van der Waals surface area contributed by atoms with Crippen LogP contribution in [0.2, 0.25) is 0 Å². The number of ether oxygens (including phenoxy) is 2. The van der Waals surface area contributed by atoms with Crippen molar-refractivity contribution in [2.24, 2.45) is 11.7 Å². The van der Waals surface area contributed by atoms with Crippen LogP contribution in [0.3, 0.4) is 0 Å². The van der Waals surface area contributed by atoms with Gasteiger partial charge in [0, 0.05) is 42.7 Å². The first-order chi connectivity index (χ1) is 17.3. The highest BCUT2D eigenvalue weighted by Gasteiger charge is 2.30. The van der Waals surface area contributed by atoms with Gasteiger partial charge in [-0.2, -0.15) is 0 Å². The quantitative estimate of drug-likeness (QED) is 0.512. The third-order valence-corrected chi connectivity index (χ3v) is 6.89. The minimum atomic E-state index is -0.418. The van der Waals surface area contributed by atoms with E-state index >= 15 is 0 Å². The van der Waals surface area contributed by atoms with Crippen molar-refractivity contribution >= 4 is 29.3 Å². The Morgan fingerprint density at radius 2 is 2.00 bits per heavy atom. The molecule has 190 valence electrons. The maximum Gasteiger partial charge on any atom is 0.253 e. The fraction of sp³-hybridized carbons (Fsp3) is 0.370. The van der Waals surface area contributed by atoms with Gasteiger partial charge >= 0.3 is 0 Å². The van der Waals surface area contributed by atoms with Crippen LogP contribution in [0, 0.1) is 11.3 Å². The number of likely N-dealkylation sites (N-methyl/N-ethyl adjacent to an activating group) is 1. The number of anilines is 1. The van der Waals surface area contributed by atoms with Gasteiger partial charge in [0.05, 0.1) is 18.7 Å². The van der Waals surface area contributed by atoms with Crippen molar-refractivity contribution in [2.75, 3.05) is 46.2 Å². The van der Waals surface area contributed by atoms with Crippen LogP contribution in [-0.4, -0.2) is 74.8 Å². The van der Waals surface area contributed by atoms with Gasteiger partial charge < -0.3 is 35.7 Å². The number of nitrogens with one attached hydrogen (secondary N) is 2. The number of hydrogen-bond acceptors (Lipinski definition) is 7. The highest BCUT2D eigenvalue weighted by molar-refractivity contribution is 6.08. The smallest absolute Gasteiger partial charge is 0.253 e. The Kier molecular flexibility index (Phi) is 7.59. The summed E-state index contributed by atoms with van der Waals surface area (Å²) in [7, 11) is 5.59. The van der Waals surface area contributed by atoms with Gasteiger partial charge in [-0.3, -0.25) is 9.59 Å². The lowest BCUT2D eigenvalue weighted by atomic mass is 9.94. The fourth-order valence-electron chi connectivity index (χ4n) is 4.66. The first-order valence-electron chi connectivity index (χ1n) is 12.0. The SMILES string of the molecule is COc1cc(/C(C=N)=C/N)ccc1NC(=O)C1COc2ccc(C(=O)N3CCC(N(C)C)C3)cc2C1. The van der Waals surface area contributed by atoms with Crippen molar-refractivity contribution < 1.29 is 19.1 Å². The lowest BCUT2D eigenvalue weighted by Gasteiger charge is -2.26. The molecule has 2 aliphatic rings. The molecule has 0 aromatic heterocycles. The largest absolute Gasteiger partial charge is 0.495 e. The number of carbonyl (C=O) groups is 2. The summed E-state index contributed by atoms with van der Waals surface area (Å²) in [4.78, 5) is 30.2. The van der Waals surface area contributed by atoms with Crippen molar-refractivity contribution in [3.8, 4) is 11.5 Å². The van der Waals surface area contributed by atoms with E-state index in [9.17, 15) is 9.59 Å². The average molecular weight is 492 g/mol. The molecule has 0 saturated carbocycles. The zero-order valence-corrected chi connectivity index (χ0v) is 20.9. The van der Waals surface area contributed by atoms with Crippen molar-refractivity contribution in [2.45, 2.75) is 18.9 Å². The van der Waals surface area contributed by atoms with Gasteiger partial charge in [0.1, 0.15) is 18.1 Å². The summed E-state index contributed by atoms with van der Waals surface area (Å²) in [5.74, 6) is 0.567. The standard InChI is InChI=1S/C27H33N5O4/c1-31(2)22-8-9-32(15-22)27(34)18-5-7-24-19(10-18)11-20(16-36-24)26(33)30-23-6-4-17(12-25(23)35-3)21(13-28)14-29/h4-7,10,12-14,20,22,28H,8-9,11,15-16,29H2,1-3H3,(H,30,33)/b21-14+,28-13?. The highest BCUT2D eigenvalue weighted by atomic mass is 16.5. The second-order valence-electron chi connectivity index (χ2n) is 9.36. The van der Waals surface area contributed by atoms with Crippen LogP contribution in [-0.2, 0) is 11.2 Å². The lowest BCUT2D eigenvalue weighted by Crippen LogP contribution is -2.35. The molecular weight excluding hydrogens is 458 g/mol. The molecule has 0 bridgehead atoms. The van der Waals surface area contributed by atoms with E-state index in [-0.39, 0.29) is 18.4 Å². The van der Waals surface area contributed by atoms with E-state index in [4.69, 9.17) is 20.6 Å². The molecular formula is C27H33N5O4. The highest BCUT2D eigenvalue weighted by Crippen LogP contribution is 2.32. The maximum atomic E-state index is 13.1. The van der Waals surface area contributed by atoms with Crippen LogP contribution >= 0.6 is 0 Å². The normalized spacial score (nSPS) is 19.4. The topological polar surface area (TPSA) is 121 Å². The molecule has 1 fully saturated rings. The number of carbonyl (C=O) groups excluding carboxylic acids is 2. The predicted octanol–water partition coefficient (Wildman–Crippen LogP) is 2.61. The summed E-state index contributed by atoms with van der Waals surface area (Å²) in [6.45, 7) is 1.70. The number of amides is 2. The summed E-state index contributed by atoms with van der Waals surface area (Å²) in [5, 5.41) is 10.4. The van der Waals surface area contributed by atoms with Crippen LogP contribution in [0.1, 0.15) is 27.9 Å². The van der Waals surface area contributed by atoms with Gasteiger partial charge in [-0.05, 0) is 68.4 Å². The third-order valence-electron chi connectivity index (χ3n) is 6.89. The Morgan fingerprint density at radius 3 is 2.67 bits per heavy atom. The van der Waals surface area contributed by atoms with Gasteiger partial charge in [0.15, 0.2) is 0 Å². The van der Waals surface area contributed by atoms with E-state index < -0.39 is 5.92 Å². The summed E-state index contributed by atoms with van der Waals surface area (Å²) in [6.07, 6.45) is 3.94. The molecule has 4 N–H and O–H groups in total. The van der Waals surface area contributed by atoms with Crippen molar-refractivity contribution in [3.63, 3.8) is 0 Å². The number of benzene rings is 2. The average Bonchev–Trinajstić information content (AvgIpc) is 3.40. The summed E-state index contributed by atoms with van der Waals surface area (Å²) in [6, 6.07) is 11.1. The molecule has 0 radical (unpaired) electrons. The minimum absolute atomic E-state index is 0.00868. The van der Waals surface area contributed by atoms with Crippen LogP contribution in [0.15, 0.2) is 42.6 Å². The van der Waals surface area contributed by atoms with Gasteiger partial charge in [-0.1, -0.05) is 6.07 Å². The van der Waals surface area contributed by atoms with Gasteiger partial charge in [0.25, 0.3) is 5.91 Å². The molecule has 2 unspecified atom stereocenters. The number of allylic oxidation sites excluding steroid dienone is 1. The molecule has 0 aliphatic carbocycles. The Labute approximate surface area is 211 Å². The third kappa shape index (κ3) is 5.21. The number of nitrogens with zero attached hydrogens (tertiary/aromatic N) is 2. The van der Waals surface area contributed by atoms with E-state index in [1.165, 1.54) is 13.3 Å². The summed E-state index contributed by atoms with van der Waals surface area (Å²) in [5.41, 5.74) is 8.82. The Hall–Kier alpha value is -3.85. The van der Waals surface area contributed by atoms with Crippen molar-refractivity contribution in [3.05, 3.63) is 59.3 Å². The molecule has 9 heteroatoms. The van der Waals surface area contributed by atoms with Gasteiger partial charge in [-0.25, -0.2) is 0 Å². The summed E-state index contributed by atoms with van der Waals surface area (Å²) >= 11 is 0. The first-order valence-corrected chi connectivity index (χ1v) is 12.0. The monoisotopic (exact) mass is 491 g/mol. The Balaban J connectivity index is 1.46. The molecule has 2 aromatic carbocycles. The van der Waals surface area contributed by atoms with Crippen molar-refractivity contribution in [1.29, 1.82) is 5.41 Å². The number of nitrogens with two attached hydrogens (primary N) is 1. The molecule has 36 heavy (non-hydrogen) atoms. The van der Waals surface area contributed by atoms with Gasteiger partial charge in [0.2, 0.25) is 5.91 Å². The van der Waals surface area contributed by atoms with Crippen molar-refractivity contribution in [1.82, 2.24) is 9.80 Å². The number of likely N-dealkylation sites (tertiary alicyclic amines) is 1. The first kappa shape index (κ1) is 25.2. The second-order valence-corrected chi connectivity index (χ2v) is 9.36. The van der Waals surface area contributed by atoms with E-state index in [2.05, 4.69) is 10.2 Å². The van der Waals surface area contributed by atoms with E-state index in [1.807, 2.05) is 31.1 Å². The lowest BCUT2D eigenvalue weighted by molar-refractivity contribution is -0.121. The number of fused-ring (bicyclic) bond motifs is 1. The van der Waals surface area contributed by atoms with Crippen LogP contribution in [0.5, 0.6) is 11.5 Å². The molecule has 1 saturated heterocycles. The zero-order valence-electron chi connectivity index (χ0n) is 20.9. The molecule has 9 nitrogen and oxygen atoms in total. The minimum Gasteiger partial charge on any atom is -0.495 e. The molecule has 0 spiro atoms. The Morgan fingerprint density at radius 1 is 1.22 bits per heavy atom. The fourth-order valence-corrected chi connectivity index (χ4v) is 4.66. The second kappa shape index (κ2) is 10.8. The molecule has 2 aromatic rings. The number of methoxy groups -OCH3 is 1. The number of rotatable bonds is 7. The summed E-state index contributed by atoms with van der Waals surface area (Å²) < 4.78 is 11.3. The number of hydrogen-bond donors (Lipinski definition) is 3. The van der Waals surface area contributed by atoms with E-state index in [1.54, 1.807) is 24.3 Å². The molecule has 4 rings (SSSR count). The maximum absolute atomic E-state index is 13.1. The molecule has 2 atom stereocenters. The van der Waals surface area contributed by atoms with Crippen LogP contribution in [0.4, 0.5) is 5.69 Å². The predicted molar refractivity (Wildman–Crippen MR) is 140 cm³/mol. The zero-order chi connectivity index (χ0) is 25.8. The molecule has 2 amide bonds. The van der Waals surface area contributed by atoms with E-state index in [0.717, 1.165) is 24.7 Å². The molecule has 2 aliphatic heterocycles. The Bertz CT molecular complexity index is 1190. The molecule has 2 heterocycles. The van der Waals surface area contributed by atoms with E-state index in [0.29, 0.717) is 52.9 Å². The van der Waals surface area contributed by atoms with Crippen LogP contribution < -0.4 is 20.5 Å².